The highest BCUT2D eigenvalue weighted by Crippen LogP contribution is 2.16. The molecule has 0 radical (unpaired) electrons. The van der Waals surface area contributed by atoms with E-state index in [2.05, 4.69) is 15.5 Å². The Kier molecular flexibility index (Phi) is 4.98. The number of amides is 1. The molecule has 0 saturated heterocycles. The second-order valence-corrected chi connectivity index (χ2v) is 5.13. The maximum Gasteiger partial charge on any atom is 0.224 e. The summed E-state index contributed by atoms with van der Waals surface area (Å²) in [4.78, 5) is 11.9. The fourth-order valence-corrected chi connectivity index (χ4v) is 2.06. The predicted octanol–water partition coefficient (Wildman–Crippen LogP) is 3.13. The Bertz CT molecular complexity index is 600. The molecule has 5 nitrogen and oxygen atoms in total. The summed E-state index contributed by atoms with van der Waals surface area (Å²) in [7, 11) is 0. The summed E-state index contributed by atoms with van der Waals surface area (Å²) in [5.74, 6) is 0.826. The molecule has 112 valence electrons. The Hall–Kier alpha value is -2.30. The van der Waals surface area contributed by atoms with Crippen molar-refractivity contribution in [2.24, 2.45) is 0 Å². The highest BCUT2D eigenvalue weighted by Gasteiger charge is 2.09. The van der Waals surface area contributed by atoms with Crippen molar-refractivity contribution >= 4 is 11.6 Å². The summed E-state index contributed by atoms with van der Waals surface area (Å²) in [6, 6.07) is 7.89. The lowest BCUT2D eigenvalue weighted by Crippen LogP contribution is -2.13. The van der Waals surface area contributed by atoms with E-state index in [0.29, 0.717) is 19.4 Å². The summed E-state index contributed by atoms with van der Waals surface area (Å²) in [5, 5.41) is 9.77. The zero-order chi connectivity index (χ0) is 15.2. The van der Waals surface area contributed by atoms with Gasteiger partial charge in [-0.1, -0.05) is 12.1 Å². The molecule has 2 rings (SSSR count). The van der Waals surface area contributed by atoms with Crippen LogP contribution in [0.25, 0.3) is 0 Å². The number of anilines is 1. The van der Waals surface area contributed by atoms with Gasteiger partial charge in [-0.3, -0.25) is 9.89 Å². The van der Waals surface area contributed by atoms with E-state index < -0.39 is 0 Å². The fourth-order valence-electron chi connectivity index (χ4n) is 2.06. The van der Waals surface area contributed by atoms with Crippen LogP contribution >= 0.6 is 0 Å². The van der Waals surface area contributed by atoms with Crippen LogP contribution in [0.15, 0.2) is 24.3 Å². The number of carbonyl (C=O) groups is 1. The van der Waals surface area contributed by atoms with Crippen molar-refractivity contribution in [3.8, 4) is 5.75 Å². The van der Waals surface area contributed by atoms with E-state index in [0.717, 1.165) is 28.4 Å². The van der Waals surface area contributed by atoms with E-state index in [9.17, 15) is 4.79 Å². The average Bonchev–Trinajstić information content (AvgIpc) is 2.76. The molecule has 0 spiro atoms. The van der Waals surface area contributed by atoms with Gasteiger partial charge in [-0.15, -0.1) is 0 Å². The van der Waals surface area contributed by atoms with Crippen molar-refractivity contribution < 1.29 is 9.53 Å². The van der Waals surface area contributed by atoms with Crippen molar-refractivity contribution in [3.63, 3.8) is 0 Å². The SMILES string of the molecule is Cc1cccc(OCCCC(=O)Nc2c(C)n[nH]c2C)c1. The molecule has 0 unspecified atom stereocenters. The highest BCUT2D eigenvalue weighted by atomic mass is 16.5. The molecule has 0 saturated carbocycles. The third-order valence-electron chi connectivity index (χ3n) is 3.20. The molecule has 0 fully saturated rings. The molecule has 0 aliphatic rings. The zero-order valence-corrected chi connectivity index (χ0v) is 12.7. The second-order valence-electron chi connectivity index (χ2n) is 5.13. The van der Waals surface area contributed by atoms with Crippen LogP contribution in [0.2, 0.25) is 0 Å². The number of ether oxygens (including phenoxy) is 1. The number of nitrogens with zero attached hydrogens (tertiary/aromatic N) is 1. The molecule has 1 heterocycles. The minimum atomic E-state index is -0.0181. The van der Waals surface area contributed by atoms with Crippen molar-refractivity contribution in [2.45, 2.75) is 33.6 Å². The molecule has 0 aliphatic carbocycles. The minimum Gasteiger partial charge on any atom is -0.494 e. The van der Waals surface area contributed by atoms with E-state index >= 15 is 0 Å². The van der Waals surface area contributed by atoms with Crippen LogP contribution in [-0.2, 0) is 4.79 Å². The van der Waals surface area contributed by atoms with E-state index in [1.54, 1.807) is 0 Å². The molecular formula is C16H21N3O2. The number of rotatable bonds is 6. The fraction of sp³-hybridized carbons (Fsp3) is 0.375. The summed E-state index contributed by atoms with van der Waals surface area (Å²) in [6.45, 7) is 6.30. The molecule has 2 N–H and O–H groups in total. The number of nitrogens with one attached hydrogen (secondary N) is 2. The molecule has 1 aromatic carbocycles. The first-order valence-corrected chi connectivity index (χ1v) is 7.07. The van der Waals surface area contributed by atoms with Gasteiger partial charge in [0, 0.05) is 6.42 Å². The average molecular weight is 287 g/mol. The smallest absolute Gasteiger partial charge is 0.224 e. The molecule has 0 bridgehead atoms. The number of aromatic amines is 1. The highest BCUT2D eigenvalue weighted by molar-refractivity contribution is 5.91. The molecule has 0 atom stereocenters. The largest absolute Gasteiger partial charge is 0.494 e. The first-order valence-electron chi connectivity index (χ1n) is 7.07. The van der Waals surface area contributed by atoms with E-state index in [1.165, 1.54) is 0 Å². The zero-order valence-electron chi connectivity index (χ0n) is 12.7. The third-order valence-corrected chi connectivity index (χ3v) is 3.20. The Morgan fingerprint density at radius 1 is 1.33 bits per heavy atom. The van der Waals surface area contributed by atoms with Crippen molar-refractivity contribution in [1.29, 1.82) is 0 Å². The monoisotopic (exact) mass is 287 g/mol. The van der Waals surface area contributed by atoms with E-state index in [1.807, 2.05) is 45.0 Å². The molecule has 0 aliphatic heterocycles. The van der Waals surface area contributed by atoms with Gasteiger partial charge in [0.05, 0.1) is 23.7 Å². The first-order chi connectivity index (χ1) is 10.1. The Labute approximate surface area is 124 Å². The summed E-state index contributed by atoms with van der Waals surface area (Å²) < 4.78 is 5.62. The summed E-state index contributed by atoms with van der Waals surface area (Å²) in [5.41, 5.74) is 3.62. The van der Waals surface area contributed by atoms with E-state index in [4.69, 9.17) is 4.74 Å². The third kappa shape index (κ3) is 4.34. The molecular weight excluding hydrogens is 266 g/mol. The maximum atomic E-state index is 11.9. The van der Waals surface area contributed by atoms with Crippen LogP contribution in [0.4, 0.5) is 5.69 Å². The summed E-state index contributed by atoms with van der Waals surface area (Å²) in [6.07, 6.45) is 1.10. The van der Waals surface area contributed by atoms with Crippen LogP contribution in [0, 0.1) is 20.8 Å². The van der Waals surface area contributed by atoms with Gasteiger partial charge in [0.2, 0.25) is 5.91 Å². The molecule has 1 amide bonds. The lowest BCUT2D eigenvalue weighted by atomic mass is 10.2. The number of hydrogen-bond acceptors (Lipinski definition) is 3. The molecule has 5 heteroatoms. The van der Waals surface area contributed by atoms with Gasteiger partial charge in [0.25, 0.3) is 0 Å². The van der Waals surface area contributed by atoms with Gasteiger partial charge in [-0.2, -0.15) is 5.10 Å². The van der Waals surface area contributed by atoms with Crippen LogP contribution in [-0.4, -0.2) is 22.7 Å². The van der Waals surface area contributed by atoms with Gasteiger partial charge >= 0.3 is 0 Å². The van der Waals surface area contributed by atoms with Crippen molar-refractivity contribution in [1.82, 2.24) is 10.2 Å². The maximum absolute atomic E-state index is 11.9. The Morgan fingerprint density at radius 2 is 2.14 bits per heavy atom. The number of H-pyrrole nitrogens is 1. The van der Waals surface area contributed by atoms with Gasteiger partial charge in [0.15, 0.2) is 0 Å². The van der Waals surface area contributed by atoms with Gasteiger partial charge < -0.3 is 10.1 Å². The molecule has 21 heavy (non-hydrogen) atoms. The van der Waals surface area contributed by atoms with Crippen LogP contribution < -0.4 is 10.1 Å². The quantitative estimate of drug-likeness (QED) is 0.802. The lowest BCUT2D eigenvalue weighted by molar-refractivity contribution is -0.116. The number of benzene rings is 1. The first kappa shape index (κ1) is 15.1. The standard InChI is InChI=1S/C16H21N3O2/c1-11-6-4-7-14(10-11)21-9-5-8-15(20)17-16-12(2)18-19-13(16)3/h4,6-7,10H,5,8-9H2,1-3H3,(H,17,20)(H,18,19). The van der Waals surface area contributed by atoms with E-state index in [-0.39, 0.29) is 5.91 Å². The van der Waals surface area contributed by atoms with Crippen LogP contribution in [0.1, 0.15) is 29.8 Å². The topological polar surface area (TPSA) is 67.0 Å². The second kappa shape index (κ2) is 6.92. The van der Waals surface area contributed by atoms with Gasteiger partial charge in [0.1, 0.15) is 5.75 Å². The van der Waals surface area contributed by atoms with Crippen molar-refractivity contribution in [2.75, 3.05) is 11.9 Å². The van der Waals surface area contributed by atoms with Crippen LogP contribution in [0.3, 0.4) is 0 Å². The van der Waals surface area contributed by atoms with Gasteiger partial charge in [-0.25, -0.2) is 0 Å². The lowest BCUT2D eigenvalue weighted by Gasteiger charge is -2.07. The minimum absolute atomic E-state index is 0.0181. The van der Waals surface area contributed by atoms with Gasteiger partial charge in [-0.05, 0) is 44.9 Å². The van der Waals surface area contributed by atoms with Crippen molar-refractivity contribution in [3.05, 3.63) is 41.2 Å². The number of carbonyl (C=O) groups excluding carboxylic acids is 1. The molecule has 1 aromatic heterocycles. The van der Waals surface area contributed by atoms with Crippen LogP contribution in [0.5, 0.6) is 5.75 Å². The number of hydrogen-bond donors (Lipinski definition) is 2. The summed E-state index contributed by atoms with van der Waals surface area (Å²) >= 11 is 0. The predicted molar refractivity (Wildman–Crippen MR) is 82.6 cm³/mol. The Morgan fingerprint density at radius 3 is 2.81 bits per heavy atom. The number of aryl methyl sites for hydroxylation is 3. The molecule has 2 aromatic rings. The Balaban J connectivity index is 1.72. The normalized spacial score (nSPS) is 10.4. The number of aromatic nitrogens is 2.